The van der Waals surface area contributed by atoms with Gasteiger partial charge >= 0.3 is 6.18 Å². The Morgan fingerprint density at radius 1 is 1.13 bits per heavy atom. The predicted octanol–water partition coefficient (Wildman–Crippen LogP) is 4.61. The molecule has 0 bridgehead atoms. The van der Waals surface area contributed by atoms with Crippen molar-refractivity contribution in [2.24, 2.45) is 0 Å². The van der Waals surface area contributed by atoms with Gasteiger partial charge in [0.25, 0.3) is 10.0 Å². The second-order valence-corrected chi connectivity index (χ2v) is 6.75. The van der Waals surface area contributed by atoms with Gasteiger partial charge in [0.05, 0.1) is 16.1 Å². The summed E-state index contributed by atoms with van der Waals surface area (Å²) in [5.41, 5.74) is -1.12. The molecule has 2 aromatic rings. The van der Waals surface area contributed by atoms with Gasteiger partial charge < -0.3 is 0 Å². The summed E-state index contributed by atoms with van der Waals surface area (Å²) in [4.78, 5) is -0.703. The van der Waals surface area contributed by atoms with Crippen LogP contribution in [0.4, 0.5) is 23.2 Å². The first-order chi connectivity index (χ1) is 10.5. The van der Waals surface area contributed by atoms with Gasteiger partial charge in [-0.2, -0.15) is 13.2 Å². The summed E-state index contributed by atoms with van der Waals surface area (Å²) in [6, 6.07) is 5.90. The first kappa shape index (κ1) is 17.6. The molecule has 0 saturated carbocycles. The van der Waals surface area contributed by atoms with E-state index in [9.17, 15) is 26.0 Å². The lowest BCUT2D eigenvalue weighted by Crippen LogP contribution is -2.16. The number of anilines is 1. The average molecular weight is 368 g/mol. The summed E-state index contributed by atoms with van der Waals surface area (Å²) in [5.74, 6) is -1.55. The molecule has 0 radical (unpaired) electrons. The van der Waals surface area contributed by atoms with Crippen LogP contribution in [0.15, 0.2) is 41.3 Å². The van der Waals surface area contributed by atoms with E-state index in [1.165, 1.54) is 18.2 Å². The molecule has 9 heteroatoms. The Labute approximate surface area is 134 Å². The van der Waals surface area contributed by atoms with Gasteiger partial charge in [-0.15, -0.1) is 0 Å². The second-order valence-electron chi connectivity index (χ2n) is 4.66. The van der Waals surface area contributed by atoms with E-state index in [1.54, 1.807) is 6.92 Å². The first-order valence-corrected chi connectivity index (χ1v) is 8.03. The van der Waals surface area contributed by atoms with E-state index in [-0.39, 0.29) is 11.8 Å². The van der Waals surface area contributed by atoms with Crippen molar-refractivity contribution in [2.45, 2.75) is 18.0 Å². The normalized spacial score (nSPS) is 12.3. The Morgan fingerprint density at radius 2 is 1.78 bits per heavy atom. The van der Waals surface area contributed by atoms with Crippen molar-refractivity contribution >= 4 is 27.3 Å². The van der Waals surface area contributed by atoms with Crippen molar-refractivity contribution in [2.75, 3.05) is 4.72 Å². The van der Waals surface area contributed by atoms with E-state index in [4.69, 9.17) is 11.6 Å². The van der Waals surface area contributed by atoms with Crippen LogP contribution in [0.5, 0.6) is 0 Å². The largest absolute Gasteiger partial charge is 0.419 e. The highest BCUT2D eigenvalue weighted by atomic mass is 35.5. The van der Waals surface area contributed by atoms with Crippen LogP contribution in [0.1, 0.15) is 11.1 Å². The Kier molecular flexibility index (Phi) is 4.59. The molecule has 0 aromatic heterocycles. The summed E-state index contributed by atoms with van der Waals surface area (Å²) in [6.07, 6.45) is -5.00. The number of hydrogen-bond acceptors (Lipinski definition) is 2. The zero-order valence-corrected chi connectivity index (χ0v) is 13.2. The molecule has 2 aromatic carbocycles. The molecule has 1 N–H and O–H groups in total. The Bertz CT molecular complexity index is 850. The van der Waals surface area contributed by atoms with Crippen molar-refractivity contribution in [3.8, 4) is 0 Å². The van der Waals surface area contributed by atoms with Crippen LogP contribution >= 0.6 is 11.6 Å². The van der Waals surface area contributed by atoms with Gasteiger partial charge in [0.15, 0.2) is 0 Å². The molecule has 124 valence electrons. The monoisotopic (exact) mass is 367 g/mol. The van der Waals surface area contributed by atoms with Crippen LogP contribution in [0.2, 0.25) is 5.02 Å². The molecule has 23 heavy (non-hydrogen) atoms. The van der Waals surface area contributed by atoms with Gasteiger partial charge in [0.2, 0.25) is 0 Å². The molecule has 0 spiro atoms. The molecule has 0 aliphatic heterocycles. The van der Waals surface area contributed by atoms with Crippen molar-refractivity contribution in [3.63, 3.8) is 0 Å². The SMILES string of the molecule is Cc1c(Cl)cccc1NS(=O)(=O)c1ccc(F)c(C(F)(F)F)c1. The summed E-state index contributed by atoms with van der Waals surface area (Å²) < 4.78 is 77.9. The van der Waals surface area contributed by atoms with E-state index in [0.717, 1.165) is 6.07 Å². The molecule has 0 saturated heterocycles. The van der Waals surface area contributed by atoms with Gasteiger partial charge in [-0.05, 0) is 42.8 Å². The maximum Gasteiger partial charge on any atom is 0.419 e. The minimum atomic E-state index is -5.00. The highest BCUT2D eigenvalue weighted by Gasteiger charge is 2.35. The van der Waals surface area contributed by atoms with Crippen LogP contribution in [0.3, 0.4) is 0 Å². The van der Waals surface area contributed by atoms with E-state index in [1.807, 2.05) is 0 Å². The maximum absolute atomic E-state index is 13.2. The summed E-state index contributed by atoms with van der Waals surface area (Å²) in [6.45, 7) is 1.55. The number of hydrogen-bond donors (Lipinski definition) is 1. The molecule has 3 nitrogen and oxygen atoms in total. The van der Waals surface area contributed by atoms with Gasteiger partial charge in [-0.1, -0.05) is 17.7 Å². The van der Waals surface area contributed by atoms with Gasteiger partial charge in [0.1, 0.15) is 5.82 Å². The van der Waals surface area contributed by atoms with E-state index < -0.39 is 32.5 Å². The number of nitrogens with one attached hydrogen (secondary N) is 1. The third kappa shape index (κ3) is 3.76. The topological polar surface area (TPSA) is 46.2 Å². The zero-order valence-electron chi connectivity index (χ0n) is 11.6. The molecule has 0 heterocycles. The minimum absolute atomic E-state index is 0.121. The van der Waals surface area contributed by atoms with E-state index in [0.29, 0.717) is 16.7 Å². The minimum Gasteiger partial charge on any atom is -0.279 e. The predicted molar refractivity (Wildman–Crippen MR) is 78.4 cm³/mol. The van der Waals surface area contributed by atoms with Crippen molar-refractivity contribution < 1.29 is 26.0 Å². The number of rotatable bonds is 3. The summed E-state index contributed by atoms with van der Waals surface area (Å²) in [5, 5.41) is 0.292. The third-order valence-corrected chi connectivity index (χ3v) is 4.84. The van der Waals surface area contributed by atoms with Crippen LogP contribution in [0, 0.1) is 12.7 Å². The maximum atomic E-state index is 13.2. The molecule has 0 amide bonds. The molecule has 0 aliphatic carbocycles. The van der Waals surface area contributed by atoms with Crippen LogP contribution in [-0.2, 0) is 16.2 Å². The lowest BCUT2D eigenvalue weighted by Gasteiger charge is -2.13. The average Bonchev–Trinajstić information content (AvgIpc) is 2.42. The highest BCUT2D eigenvalue weighted by Crippen LogP contribution is 2.33. The lowest BCUT2D eigenvalue weighted by atomic mass is 10.2. The van der Waals surface area contributed by atoms with Crippen LogP contribution in [0.25, 0.3) is 0 Å². The van der Waals surface area contributed by atoms with E-state index in [2.05, 4.69) is 4.72 Å². The Morgan fingerprint density at radius 3 is 2.39 bits per heavy atom. The molecule has 0 atom stereocenters. The Balaban J connectivity index is 2.47. The molecule has 2 rings (SSSR count). The van der Waals surface area contributed by atoms with E-state index >= 15 is 0 Å². The lowest BCUT2D eigenvalue weighted by molar-refractivity contribution is -0.140. The van der Waals surface area contributed by atoms with Gasteiger partial charge in [-0.3, -0.25) is 4.72 Å². The molecular formula is C14H10ClF4NO2S. The highest BCUT2D eigenvalue weighted by molar-refractivity contribution is 7.92. The molecule has 0 unspecified atom stereocenters. The van der Waals surface area contributed by atoms with Crippen LogP contribution < -0.4 is 4.72 Å². The summed E-state index contributed by atoms with van der Waals surface area (Å²) in [7, 11) is -4.33. The Hall–Kier alpha value is -1.80. The smallest absolute Gasteiger partial charge is 0.279 e. The fourth-order valence-electron chi connectivity index (χ4n) is 1.81. The van der Waals surface area contributed by atoms with Crippen LogP contribution in [-0.4, -0.2) is 8.42 Å². The quantitative estimate of drug-likeness (QED) is 0.805. The second kappa shape index (κ2) is 6.01. The molecular weight excluding hydrogens is 358 g/mol. The van der Waals surface area contributed by atoms with Gasteiger partial charge in [-0.25, -0.2) is 12.8 Å². The van der Waals surface area contributed by atoms with Crippen molar-refractivity contribution in [1.82, 2.24) is 0 Å². The molecule has 0 aliphatic rings. The molecule has 0 fully saturated rings. The fourth-order valence-corrected chi connectivity index (χ4v) is 3.13. The number of benzene rings is 2. The van der Waals surface area contributed by atoms with Crippen molar-refractivity contribution in [1.29, 1.82) is 0 Å². The standard InChI is InChI=1S/C14H10ClF4NO2S/c1-8-11(15)3-2-4-13(8)20-23(21,22)9-5-6-12(16)10(7-9)14(17,18)19/h2-7,20H,1H3. The number of sulfonamides is 1. The van der Waals surface area contributed by atoms with Crippen molar-refractivity contribution in [3.05, 3.63) is 58.4 Å². The fraction of sp³-hybridized carbons (Fsp3) is 0.143. The summed E-state index contributed by atoms with van der Waals surface area (Å²) >= 11 is 5.86. The zero-order chi connectivity index (χ0) is 17.4. The number of halogens is 5. The first-order valence-electron chi connectivity index (χ1n) is 6.17. The van der Waals surface area contributed by atoms with Gasteiger partial charge in [0, 0.05) is 5.02 Å². The number of alkyl halides is 3. The third-order valence-electron chi connectivity index (χ3n) is 3.07.